The SMILES string of the molecule is Cc1nc(-c2ccnc(NC(=O)C3OC(C)CC3C)c2)n[nH]1. The van der Waals surface area contributed by atoms with Crippen molar-refractivity contribution < 1.29 is 9.53 Å². The van der Waals surface area contributed by atoms with Gasteiger partial charge in [0.05, 0.1) is 6.10 Å². The first-order chi connectivity index (χ1) is 10.5. The molecule has 116 valence electrons. The Hall–Kier alpha value is -2.28. The van der Waals surface area contributed by atoms with Gasteiger partial charge in [-0.3, -0.25) is 9.89 Å². The zero-order valence-electron chi connectivity index (χ0n) is 12.8. The smallest absolute Gasteiger partial charge is 0.254 e. The minimum Gasteiger partial charge on any atom is -0.365 e. The predicted octanol–water partition coefficient (Wildman–Crippen LogP) is 1.93. The Balaban J connectivity index is 1.74. The lowest BCUT2D eigenvalue weighted by Gasteiger charge is -2.14. The van der Waals surface area contributed by atoms with Crippen LogP contribution in [0.15, 0.2) is 18.3 Å². The quantitative estimate of drug-likeness (QED) is 0.903. The lowest BCUT2D eigenvalue weighted by atomic mass is 10.0. The van der Waals surface area contributed by atoms with E-state index in [-0.39, 0.29) is 17.9 Å². The lowest BCUT2D eigenvalue weighted by molar-refractivity contribution is -0.127. The number of nitrogens with one attached hydrogen (secondary N) is 2. The van der Waals surface area contributed by atoms with Crippen LogP contribution in [-0.2, 0) is 9.53 Å². The Bertz CT molecular complexity index is 684. The highest BCUT2D eigenvalue weighted by Crippen LogP contribution is 2.27. The van der Waals surface area contributed by atoms with Crippen molar-refractivity contribution in [3.63, 3.8) is 0 Å². The largest absolute Gasteiger partial charge is 0.365 e. The third kappa shape index (κ3) is 2.99. The van der Waals surface area contributed by atoms with E-state index in [9.17, 15) is 4.79 Å². The first kappa shape index (κ1) is 14.6. The first-order valence-electron chi connectivity index (χ1n) is 7.34. The van der Waals surface area contributed by atoms with E-state index >= 15 is 0 Å². The first-order valence-corrected chi connectivity index (χ1v) is 7.34. The molecule has 1 amide bonds. The van der Waals surface area contributed by atoms with Crippen LogP contribution in [0.5, 0.6) is 0 Å². The average Bonchev–Trinajstić information content (AvgIpc) is 3.05. The lowest BCUT2D eigenvalue weighted by Crippen LogP contribution is -2.31. The molecule has 1 fully saturated rings. The molecule has 3 atom stereocenters. The van der Waals surface area contributed by atoms with Gasteiger partial charge in [-0.2, -0.15) is 5.10 Å². The maximum atomic E-state index is 12.3. The van der Waals surface area contributed by atoms with Gasteiger partial charge < -0.3 is 10.1 Å². The Morgan fingerprint density at radius 2 is 2.27 bits per heavy atom. The molecule has 3 rings (SSSR count). The van der Waals surface area contributed by atoms with Crippen LogP contribution in [0.4, 0.5) is 5.82 Å². The third-order valence-corrected chi connectivity index (χ3v) is 3.72. The number of amides is 1. The van der Waals surface area contributed by atoms with E-state index in [1.807, 2.05) is 20.8 Å². The maximum Gasteiger partial charge on any atom is 0.254 e. The molecule has 2 aromatic heterocycles. The number of anilines is 1. The van der Waals surface area contributed by atoms with Gasteiger partial charge in [0.1, 0.15) is 17.7 Å². The number of rotatable bonds is 3. The zero-order chi connectivity index (χ0) is 15.7. The van der Waals surface area contributed by atoms with E-state index in [4.69, 9.17) is 4.74 Å². The number of pyridine rings is 1. The summed E-state index contributed by atoms with van der Waals surface area (Å²) in [6.45, 7) is 5.84. The second-order valence-corrected chi connectivity index (χ2v) is 5.74. The van der Waals surface area contributed by atoms with Crippen molar-refractivity contribution in [3.8, 4) is 11.4 Å². The van der Waals surface area contributed by atoms with Crippen molar-refractivity contribution in [2.45, 2.75) is 39.4 Å². The summed E-state index contributed by atoms with van der Waals surface area (Å²) in [5, 5.41) is 9.71. The summed E-state index contributed by atoms with van der Waals surface area (Å²) >= 11 is 0. The van der Waals surface area contributed by atoms with Crippen molar-refractivity contribution in [3.05, 3.63) is 24.2 Å². The topological polar surface area (TPSA) is 92.8 Å². The molecule has 0 aromatic carbocycles. The van der Waals surface area contributed by atoms with Gasteiger partial charge in [-0.15, -0.1) is 0 Å². The van der Waals surface area contributed by atoms with Crippen molar-refractivity contribution in [2.75, 3.05) is 5.32 Å². The third-order valence-electron chi connectivity index (χ3n) is 3.72. The molecule has 0 saturated carbocycles. The molecule has 2 N–H and O–H groups in total. The standard InChI is InChI=1S/C15H19N5O2/c1-8-6-9(2)22-13(8)15(21)18-12-7-11(4-5-16-12)14-17-10(3)19-20-14/h4-5,7-9,13H,6H2,1-3H3,(H,16,18,21)(H,17,19,20). The number of aryl methyl sites for hydroxylation is 1. The summed E-state index contributed by atoms with van der Waals surface area (Å²) in [6, 6.07) is 3.55. The molecular weight excluding hydrogens is 282 g/mol. The Morgan fingerprint density at radius 3 is 2.91 bits per heavy atom. The predicted molar refractivity (Wildman–Crippen MR) is 81.1 cm³/mol. The van der Waals surface area contributed by atoms with Crippen LogP contribution in [0.1, 0.15) is 26.1 Å². The highest BCUT2D eigenvalue weighted by atomic mass is 16.5. The van der Waals surface area contributed by atoms with E-state index in [0.717, 1.165) is 17.8 Å². The summed E-state index contributed by atoms with van der Waals surface area (Å²) in [6.07, 6.45) is 2.20. The zero-order valence-corrected chi connectivity index (χ0v) is 12.8. The van der Waals surface area contributed by atoms with E-state index in [1.165, 1.54) is 0 Å². The highest BCUT2D eigenvalue weighted by molar-refractivity contribution is 5.94. The van der Waals surface area contributed by atoms with Crippen LogP contribution in [0.25, 0.3) is 11.4 Å². The number of aromatic amines is 1. The van der Waals surface area contributed by atoms with Gasteiger partial charge in [0, 0.05) is 11.8 Å². The second kappa shape index (κ2) is 5.84. The molecule has 0 spiro atoms. The minimum atomic E-state index is -0.425. The number of aromatic nitrogens is 4. The monoisotopic (exact) mass is 301 g/mol. The van der Waals surface area contributed by atoms with Crippen molar-refractivity contribution >= 4 is 11.7 Å². The molecule has 1 aliphatic rings. The Morgan fingerprint density at radius 1 is 1.45 bits per heavy atom. The second-order valence-electron chi connectivity index (χ2n) is 5.74. The summed E-state index contributed by atoms with van der Waals surface area (Å²) in [7, 11) is 0. The van der Waals surface area contributed by atoms with Gasteiger partial charge in [-0.05, 0) is 38.3 Å². The Labute approximate surface area is 128 Å². The molecule has 3 unspecified atom stereocenters. The van der Waals surface area contributed by atoms with Crippen LogP contribution in [0, 0.1) is 12.8 Å². The van der Waals surface area contributed by atoms with E-state index in [2.05, 4.69) is 25.5 Å². The molecule has 22 heavy (non-hydrogen) atoms. The number of ether oxygens (including phenoxy) is 1. The van der Waals surface area contributed by atoms with Crippen LogP contribution in [0.2, 0.25) is 0 Å². The normalized spacial score (nSPS) is 24.4. The highest BCUT2D eigenvalue weighted by Gasteiger charge is 2.35. The summed E-state index contributed by atoms with van der Waals surface area (Å²) in [4.78, 5) is 20.8. The molecular formula is C15H19N5O2. The van der Waals surface area contributed by atoms with E-state index in [1.54, 1.807) is 18.3 Å². The number of carbonyl (C=O) groups excluding carboxylic acids is 1. The van der Waals surface area contributed by atoms with E-state index in [0.29, 0.717) is 11.6 Å². The van der Waals surface area contributed by atoms with Gasteiger partial charge >= 0.3 is 0 Å². The van der Waals surface area contributed by atoms with Gasteiger partial charge in [0.15, 0.2) is 5.82 Å². The molecule has 0 bridgehead atoms. The summed E-state index contributed by atoms with van der Waals surface area (Å²) in [5.41, 5.74) is 0.795. The van der Waals surface area contributed by atoms with E-state index < -0.39 is 6.10 Å². The summed E-state index contributed by atoms with van der Waals surface area (Å²) < 4.78 is 5.66. The fourth-order valence-electron chi connectivity index (χ4n) is 2.71. The van der Waals surface area contributed by atoms with Crippen LogP contribution < -0.4 is 5.32 Å². The van der Waals surface area contributed by atoms with Crippen molar-refractivity contribution in [2.24, 2.45) is 5.92 Å². The van der Waals surface area contributed by atoms with Gasteiger partial charge in [-0.1, -0.05) is 6.92 Å². The van der Waals surface area contributed by atoms with Crippen molar-refractivity contribution in [1.29, 1.82) is 0 Å². The molecule has 7 nitrogen and oxygen atoms in total. The van der Waals surface area contributed by atoms with Crippen LogP contribution in [-0.4, -0.2) is 38.3 Å². The molecule has 0 aliphatic carbocycles. The average molecular weight is 301 g/mol. The summed E-state index contributed by atoms with van der Waals surface area (Å²) in [5.74, 6) is 1.83. The molecule has 0 radical (unpaired) electrons. The number of hydrogen-bond donors (Lipinski definition) is 2. The number of hydrogen-bond acceptors (Lipinski definition) is 5. The van der Waals surface area contributed by atoms with Gasteiger partial charge in [-0.25, -0.2) is 9.97 Å². The van der Waals surface area contributed by atoms with Crippen molar-refractivity contribution in [1.82, 2.24) is 20.2 Å². The fourth-order valence-corrected chi connectivity index (χ4v) is 2.71. The maximum absolute atomic E-state index is 12.3. The minimum absolute atomic E-state index is 0.112. The molecule has 1 saturated heterocycles. The number of nitrogens with zero attached hydrogens (tertiary/aromatic N) is 3. The fraction of sp³-hybridized carbons (Fsp3) is 0.467. The molecule has 2 aromatic rings. The van der Waals surface area contributed by atoms with Gasteiger partial charge in [0.25, 0.3) is 5.91 Å². The van der Waals surface area contributed by atoms with Crippen LogP contribution >= 0.6 is 0 Å². The number of H-pyrrole nitrogens is 1. The number of carbonyl (C=O) groups is 1. The molecule has 1 aliphatic heterocycles. The Kier molecular flexibility index (Phi) is 3.89. The molecule has 3 heterocycles. The molecule has 7 heteroatoms. The van der Waals surface area contributed by atoms with Crippen LogP contribution in [0.3, 0.4) is 0 Å². The van der Waals surface area contributed by atoms with Gasteiger partial charge in [0.2, 0.25) is 0 Å².